The quantitative estimate of drug-likeness (QED) is 0.809. The molecule has 2 rings (SSSR count). The maximum atomic E-state index is 11.7. The van der Waals surface area contributed by atoms with Crippen LogP contribution >= 0.6 is 11.6 Å². The molecule has 0 fully saturated rings. The SMILES string of the molecule is COC(=O)[C@H](C)Oc1ccc2c(=O)c(Cl)coc2c1. The van der Waals surface area contributed by atoms with Gasteiger partial charge >= 0.3 is 5.97 Å². The number of methoxy groups -OCH3 is 1. The summed E-state index contributed by atoms with van der Waals surface area (Å²) in [6, 6.07) is 4.62. The molecule has 0 amide bonds. The highest BCUT2D eigenvalue weighted by Gasteiger charge is 2.15. The topological polar surface area (TPSA) is 65.7 Å². The molecule has 0 N–H and O–H groups in total. The normalized spacial score (nSPS) is 12.2. The Balaban J connectivity index is 2.35. The number of esters is 1. The molecule has 0 radical (unpaired) electrons. The molecule has 6 heteroatoms. The molecule has 5 nitrogen and oxygen atoms in total. The molecule has 0 aliphatic carbocycles. The molecule has 0 saturated heterocycles. The Morgan fingerprint density at radius 2 is 2.16 bits per heavy atom. The molecule has 2 aromatic rings. The monoisotopic (exact) mass is 282 g/mol. The minimum Gasteiger partial charge on any atom is -0.479 e. The highest BCUT2D eigenvalue weighted by molar-refractivity contribution is 6.30. The molecule has 1 heterocycles. The van der Waals surface area contributed by atoms with Crippen molar-refractivity contribution in [1.29, 1.82) is 0 Å². The van der Waals surface area contributed by atoms with E-state index in [2.05, 4.69) is 4.74 Å². The lowest BCUT2D eigenvalue weighted by molar-refractivity contribution is -0.147. The summed E-state index contributed by atoms with van der Waals surface area (Å²) < 4.78 is 15.1. The molecule has 0 spiro atoms. The molecule has 1 aromatic heterocycles. The van der Waals surface area contributed by atoms with Gasteiger partial charge in [-0.15, -0.1) is 0 Å². The van der Waals surface area contributed by atoms with E-state index in [1.54, 1.807) is 13.0 Å². The average Bonchev–Trinajstić information content (AvgIpc) is 2.42. The van der Waals surface area contributed by atoms with Crippen LogP contribution in [0.15, 0.2) is 33.7 Å². The zero-order valence-electron chi connectivity index (χ0n) is 10.3. The molecular formula is C13H11ClO5. The van der Waals surface area contributed by atoms with E-state index < -0.39 is 12.1 Å². The van der Waals surface area contributed by atoms with Crippen LogP contribution in [-0.2, 0) is 9.53 Å². The van der Waals surface area contributed by atoms with Gasteiger partial charge in [-0.1, -0.05) is 11.6 Å². The molecular weight excluding hydrogens is 272 g/mol. The van der Waals surface area contributed by atoms with Gasteiger partial charge in [0.1, 0.15) is 22.6 Å². The third-order valence-electron chi connectivity index (χ3n) is 2.55. The van der Waals surface area contributed by atoms with Crippen molar-refractivity contribution in [3.8, 4) is 5.75 Å². The summed E-state index contributed by atoms with van der Waals surface area (Å²) in [5.41, 5.74) is 0.0273. The van der Waals surface area contributed by atoms with E-state index in [0.29, 0.717) is 16.7 Å². The molecule has 0 saturated carbocycles. The van der Waals surface area contributed by atoms with Crippen molar-refractivity contribution in [2.75, 3.05) is 7.11 Å². The number of halogens is 1. The van der Waals surface area contributed by atoms with Crippen molar-refractivity contribution in [2.45, 2.75) is 13.0 Å². The molecule has 0 aliphatic rings. The fraction of sp³-hybridized carbons (Fsp3) is 0.231. The van der Waals surface area contributed by atoms with E-state index in [-0.39, 0.29) is 10.5 Å². The highest BCUT2D eigenvalue weighted by atomic mass is 35.5. The summed E-state index contributed by atoms with van der Waals surface area (Å²) in [7, 11) is 1.28. The largest absolute Gasteiger partial charge is 0.479 e. The van der Waals surface area contributed by atoms with Crippen LogP contribution in [0.4, 0.5) is 0 Å². The van der Waals surface area contributed by atoms with Crippen LogP contribution in [0.5, 0.6) is 5.75 Å². The van der Waals surface area contributed by atoms with Gasteiger partial charge in [0.25, 0.3) is 0 Å². The lowest BCUT2D eigenvalue weighted by atomic mass is 10.2. The van der Waals surface area contributed by atoms with E-state index in [1.165, 1.54) is 25.5 Å². The number of benzene rings is 1. The average molecular weight is 283 g/mol. The molecule has 0 bridgehead atoms. The molecule has 100 valence electrons. The van der Waals surface area contributed by atoms with Crippen LogP contribution in [-0.4, -0.2) is 19.2 Å². The van der Waals surface area contributed by atoms with Gasteiger partial charge in [0.05, 0.1) is 12.5 Å². The summed E-state index contributed by atoms with van der Waals surface area (Å²) in [5.74, 6) is -0.0893. The summed E-state index contributed by atoms with van der Waals surface area (Å²) in [4.78, 5) is 22.9. The number of rotatable bonds is 3. The molecule has 0 unspecified atom stereocenters. The zero-order chi connectivity index (χ0) is 14.0. The Morgan fingerprint density at radius 1 is 1.42 bits per heavy atom. The first kappa shape index (κ1) is 13.4. The van der Waals surface area contributed by atoms with Gasteiger partial charge in [-0.3, -0.25) is 4.79 Å². The third kappa shape index (κ3) is 2.71. The lowest BCUT2D eigenvalue weighted by Crippen LogP contribution is -2.24. The van der Waals surface area contributed by atoms with E-state index in [1.807, 2.05) is 0 Å². The molecule has 1 aromatic carbocycles. The Labute approximate surface area is 113 Å². The van der Waals surface area contributed by atoms with Gasteiger partial charge in [0, 0.05) is 6.07 Å². The number of hydrogen-bond acceptors (Lipinski definition) is 5. The van der Waals surface area contributed by atoms with Crippen LogP contribution < -0.4 is 10.2 Å². The van der Waals surface area contributed by atoms with E-state index in [9.17, 15) is 9.59 Å². The van der Waals surface area contributed by atoms with E-state index in [0.717, 1.165) is 0 Å². The molecule has 1 atom stereocenters. The Bertz CT molecular complexity index is 676. The van der Waals surface area contributed by atoms with Crippen LogP contribution in [0.2, 0.25) is 5.02 Å². The van der Waals surface area contributed by atoms with Crippen molar-refractivity contribution in [1.82, 2.24) is 0 Å². The maximum absolute atomic E-state index is 11.7. The van der Waals surface area contributed by atoms with Gasteiger partial charge in [0.15, 0.2) is 6.10 Å². The van der Waals surface area contributed by atoms with Crippen molar-refractivity contribution < 1.29 is 18.7 Å². The van der Waals surface area contributed by atoms with Crippen LogP contribution in [0.3, 0.4) is 0 Å². The number of hydrogen-bond donors (Lipinski definition) is 0. The smallest absolute Gasteiger partial charge is 0.346 e. The maximum Gasteiger partial charge on any atom is 0.346 e. The van der Waals surface area contributed by atoms with Crippen LogP contribution in [0.1, 0.15) is 6.92 Å². The van der Waals surface area contributed by atoms with E-state index >= 15 is 0 Å². The minimum absolute atomic E-state index is 0.0177. The van der Waals surface area contributed by atoms with Crippen LogP contribution in [0.25, 0.3) is 11.0 Å². The van der Waals surface area contributed by atoms with Gasteiger partial charge in [-0.05, 0) is 19.1 Å². The van der Waals surface area contributed by atoms with Gasteiger partial charge in [0.2, 0.25) is 5.43 Å². The molecule has 19 heavy (non-hydrogen) atoms. The van der Waals surface area contributed by atoms with Crippen molar-refractivity contribution in [3.05, 3.63) is 39.7 Å². The first-order valence-electron chi connectivity index (χ1n) is 5.48. The number of carbonyl (C=O) groups excluding carboxylic acids is 1. The Kier molecular flexibility index (Phi) is 3.76. The lowest BCUT2D eigenvalue weighted by Gasteiger charge is -2.12. The summed E-state index contributed by atoms with van der Waals surface area (Å²) >= 11 is 5.67. The van der Waals surface area contributed by atoms with E-state index in [4.69, 9.17) is 20.8 Å². The van der Waals surface area contributed by atoms with Gasteiger partial charge in [-0.2, -0.15) is 0 Å². The summed E-state index contributed by atoms with van der Waals surface area (Å²) in [6.45, 7) is 1.56. The first-order chi connectivity index (χ1) is 9.02. The second-order valence-corrected chi connectivity index (χ2v) is 4.26. The Hall–Kier alpha value is -2.01. The minimum atomic E-state index is -0.749. The third-order valence-corrected chi connectivity index (χ3v) is 2.81. The first-order valence-corrected chi connectivity index (χ1v) is 5.86. The number of ether oxygens (including phenoxy) is 2. The van der Waals surface area contributed by atoms with Crippen molar-refractivity contribution in [3.63, 3.8) is 0 Å². The predicted molar refractivity (Wildman–Crippen MR) is 69.6 cm³/mol. The van der Waals surface area contributed by atoms with Gasteiger partial charge < -0.3 is 13.9 Å². The molecule has 0 aliphatic heterocycles. The van der Waals surface area contributed by atoms with Gasteiger partial charge in [-0.25, -0.2) is 4.79 Å². The second-order valence-electron chi connectivity index (χ2n) is 3.85. The van der Waals surface area contributed by atoms with Crippen molar-refractivity contribution >= 4 is 28.5 Å². The Morgan fingerprint density at radius 3 is 2.84 bits per heavy atom. The van der Waals surface area contributed by atoms with Crippen LogP contribution in [0, 0.1) is 0 Å². The standard InChI is InChI=1S/C13H11ClO5/c1-7(13(16)17-2)19-8-3-4-9-11(5-8)18-6-10(14)12(9)15/h3-7H,1-2H3/t7-/m0/s1. The summed E-state index contributed by atoms with van der Waals surface area (Å²) in [6.07, 6.45) is 0.418. The second kappa shape index (κ2) is 5.32. The fourth-order valence-electron chi connectivity index (χ4n) is 1.58. The summed E-state index contributed by atoms with van der Waals surface area (Å²) in [5, 5.41) is 0.370. The highest BCUT2D eigenvalue weighted by Crippen LogP contribution is 2.21. The zero-order valence-corrected chi connectivity index (χ0v) is 11.1. The van der Waals surface area contributed by atoms with Crippen molar-refractivity contribution in [2.24, 2.45) is 0 Å². The number of carbonyl (C=O) groups is 1. The fourth-order valence-corrected chi connectivity index (χ4v) is 1.72. The predicted octanol–water partition coefficient (Wildman–Crippen LogP) is 2.39. The number of fused-ring (bicyclic) bond motifs is 1.